The van der Waals surface area contributed by atoms with E-state index in [0.717, 1.165) is 12.1 Å². The summed E-state index contributed by atoms with van der Waals surface area (Å²) in [6, 6.07) is -0.995. The Morgan fingerprint density at radius 2 is 1.94 bits per heavy atom. The quantitative estimate of drug-likeness (QED) is 0.166. The second-order valence-corrected chi connectivity index (χ2v) is 7.97. The summed E-state index contributed by atoms with van der Waals surface area (Å²) in [5.74, 6) is -6.22. The lowest BCUT2D eigenvalue weighted by molar-refractivity contribution is -0.180. The average Bonchev–Trinajstić information content (AvgIpc) is 2.71. The Bertz CT molecular complexity index is 982. The van der Waals surface area contributed by atoms with Gasteiger partial charge in [0.15, 0.2) is 0 Å². The van der Waals surface area contributed by atoms with Gasteiger partial charge in [-0.1, -0.05) is 11.6 Å². The predicted octanol–water partition coefficient (Wildman–Crippen LogP) is -0.366. The van der Waals surface area contributed by atoms with E-state index < -0.39 is 61.4 Å². The van der Waals surface area contributed by atoms with Gasteiger partial charge in [0, 0.05) is 12.1 Å². The SMILES string of the molecule is CCOC(=O)CC(NC(=O)C1CCN1C(=O)C(NC(=O)c1ccc(N)c(Cl)c1)C(F)(F)F)B(O)O. The first-order valence-electron chi connectivity index (χ1n) is 10.3. The van der Waals surface area contributed by atoms with E-state index in [1.54, 1.807) is 5.32 Å². The maximum absolute atomic E-state index is 13.6. The number of alkyl halides is 3. The molecule has 1 aromatic carbocycles. The van der Waals surface area contributed by atoms with Crippen LogP contribution in [0.5, 0.6) is 0 Å². The molecule has 3 atom stereocenters. The fraction of sp³-hybridized carbons (Fsp3) is 0.474. The molecule has 0 radical (unpaired) electrons. The zero-order valence-electron chi connectivity index (χ0n) is 18.3. The highest BCUT2D eigenvalue weighted by atomic mass is 35.5. The van der Waals surface area contributed by atoms with Gasteiger partial charge in [0.2, 0.25) is 11.9 Å². The van der Waals surface area contributed by atoms with Crippen molar-refractivity contribution in [2.24, 2.45) is 0 Å². The van der Waals surface area contributed by atoms with Crippen LogP contribution in [0.15, 0.2) is 18.2 Å². The number of rotatable bonds is 9. The summed E-state index contributed by atoms with van der Waals surface area (Å²) in [4.78, 5) is 49.7. The standard InChI is InChI=1S/C19H23BClF3N4O7/c1-2-35-14(29)8-13(20(33)34)26-17(31)12-5-6-28(12)18(32)15(19(22,23)24)27-16(30)9-3-4-11(25)10(21)7-9/h3-4,7,12-13,15,33-34H,2,5-6,8,25H2,1H3,(H,26,31)(H,27,30). The van der Waals surface area contributed by atoms with Gasteiger partial charge < -0.3 is 36.1 Å². The number of hydrogen-bond donors (Lipinski definition) is 5. The van der Waals surface area contributed by atoms with Gasteiger partial charge in [0.25, 0.3) is 11.8 Å². The Labute approximate surface area is 202 Å². The van der Waals surface area contributed by atoms with E-state index in [9.17, 15) is 42.4 Å². The molecule has 6 N–H and O–H groups in total. The summed E-state index contributed by atoms with van der Waals surface area (Å²) in [5.41, 5.74) is 5.33. The van der Waals surface area contributed by atoms with Crippen molar-refractivity contribution in [3.05, 3.63) is 28.8 Å². The van der Waals surface area contributed by atoms with Crippen molar-refractivity contribution >= 4 is 48.1 Å². The molecule has 0 aromatic heterocycles. The van der Waals surface area contributed by atoms with Gasteiger partial charge in [0.1, 0.15) is 6.04 Å². The summed E-state index contributed by atoms with van der Waals surface area (Å²) in [7, 11) is -2.18. The molecule has 16 heteroatoms. The van der Waals surface area contributed by atoms with Crippen LogP contribution < -0.4 is 16.4 Å². The largest absolute Gasteiger partial charge is 0.476 e. The normalized spacial score (nSPS) is 17.0. The number of carbonyl (C=O) groups is 4. The Hall–Kier alpha value is -3.04. The lowest BCUT2D eigenvalue weighted by Crippen LogP contribution is -2.66. The molecule has 2 rings (SSSR count). The Kier molecular flexibility index (Phi) is 9.34. The van der Waals surface area contributed by atoms with E-state index in [2.05, 4.69) is 10.1 Å². The first kappa shape index (κ1) is 28.2. The molecule has 1 aromatic rings. The minimum absolute atomic E-state index is 0.000942. The van der Waals surface area contributed by atoms with Gasteiger partial charge in [-0.3, -0.25) is 19.2 Å². The van der Waals surface area contributed by atoms with Crippen molar-refractivity contribution in [3.63, 3.8) is 0 Å². The molecule has 0 aliphatic carbocycles. The first-order valence-corrected chi connectivity index (χ1v) is 10.7. The number of nitrogen functional groups attached to an aromatic ring is 1. The minimum atomic E-state index is -5.20. The van der Waals surface area contributed by atoms with E-state index in [0.29, 0.717) is 4.90 Å². The highest BCUT2D eigenvalue weighted by Gasteiger charge is 2.51. The molecule has 0 saturated carbocycles. The lowest BCUT2D eigenvalue weighted by Gasteiger charge is -2.42. The molecule has 1 aliphatic heterocycles. The Morgan fingerprint density at radius 3 is 2.43 bits per heavy atom. The number of benzene rings is 1. The number of nitrogens with two attached hydrogens (primary N) is 1. The highest BCUT2D eigenvalue weighted by molar-refractivity contribution is 6.44. The molecule has 3 amide bonds. The van der Waals surface area contributed by atoms with Crippen LogP contribution in [-0.4, -0.2) is 83.1 Å². The number of carbonyl (C=O) groups excluding carboxylic acids is 4. The summed E-state index contributed by atoms with van der Waals surface area (Å²) in [6.07, 6.45) is -5.85. The number of anilines is 1. The number of nitrogens with zero attached hydrogens (tertiary/aromatic N) is 1. The van der Waals surface area contributed by atoms with Crippen LogP contribution in [0.2, 0.25) is 5.02 Å². The van der Waals surface area contributed by atoms with Crippen LogP contribution in [0.1, 0.15) is 30.1 Å². The Morgan fingerprint density at radius 1 is 1.29 bits per heavy atom. The summed E-state index contributed by atoms with van der Waals surface area (Å²) < 4.78 is 45.6. The maximum Gasteiger partial charge on any atom is 0.476 e. The molecule has 0 bridgehead atoms. The molecule has 1 fully saturated rings. The van der Waals surface area contributed by atoms with Crippen LogP contribution in [0, 0.1) is 0 Å². The fourth-order valence-corrected chi connectivity index (χ4v) is 3.35. The Balaban J connectivity index is 2.13. The number of halogens is 4. The third kappa shape index (κ3) is 7.22. The van der Waals surface area contributed by atoms with Crippen molar-refractivity contribution in [2.75, 3.05) is 18.9 Å². The molecule has 192 valence electrons. The second kappa shape index (κ2) is 11.6. The van der Waals surface area contributed by atoms with Crippen molar-refractivity contribution in [3.8, 4) is 0 Å². The molecule has 0 spiro atoms. The molecule has 3 unspecified atom stereocenters. The second-order valence-electron chi connectivity index (χ2n) is 7.56. The number of nitrogens with one attached hydrogen (secondary N) is 2. The third-order valence-electron chi connectivity index (χ3n) is 5.10. The van der Waals surface area contributed by atoms with Gasteiger partial charge >= 0.3 is 19.3 Å². The van der Waals surface area contributed by atoms with Gasteiger partial charge in [-0.2, -0.15) is 13.2 Å². The third-order valence-corrected chi connectivity index (χ3v) is 5.42. The monoisotopic (exact) mass is 522 g/mol. The van der Waals surface area contributed by atoms with Crippen molar-refractivity contribution in [2.45, 2.75) is 44.0 Å². The number of likely N-dealkylation sites (tertiary alicyclic amines) is 1. The van der Waals surface area contributed by atoms with Crippen LogP contribution in [-0.2, 0) is 19.1 Å². The highest BCUT2D eigenvalue weighted by Crippen LogP contribution is 2.27. The molecule has 35 heavy (non-hydrogen) atoms. The number of amides is 3. The van der Waals surface area contributed by atoms with Crippen LogP contribution >= 0.6 is 11.6 Å². The molecule has 1 heterocycles. The van der Waals surface area contributed by atoms with E-state index in [-0.39, 0.29) is 35.8 Å². The maximum atomic E-state index is 13.6. The predicted molar refractivity (Wildman–Crippen MR) is 117 cm³/mol. The molecule has 1 saturated heterocycles. The molecular formula is C19H23BClF3N4O7. The number of ether oxygens (including phenoxy) is 1. The number of esters is 1. The smallest absolute Gasteiger partial charge is 0.466 e. The summed E-state index contributed by atoms with van der Waals surface area (Å²) in [5, 5.41) is 22.5. The first-order chi connectivity index (χ1) is 16.3. The topological polar surface area (TPSA) is 171 Å². The lowest BCUT2D eigenvalue weighted by atomic mass is 9.77. The van der Waals surface area contributed by atoms with Crippen LogP contribution in [0.4, 0.5) is 18.9 Å². The van der Waals surface area contributed by atoms with Crippen molar-refractivity contribution in [1.82, 2.24) is 15.5 Å². The summed E-state index contributed by atoms with van der Waals surface area (Å²) in [6.45, 7) is 1.28. The van der Waals surface area contributed by atoms with E-state index in [4.69, 9.17) is 17.3 Å². The minimum Gasteiger partial charge on any atom is -0.466 e. The van der Waals surface area contributed by atoms with Gasteiger partial charge in [-0.15, -0.1) is 0 Å². The van der Waals surface area contributed by atoms with Crippen LogP contribution in [0.25, 0.3) is 0 Å². The van der Waals surface area contributed by atoms with E-state index in [1.165, 1.54) is 13.0 Å². The van der Waals surface area contributed by atoms with Crippen molar-refractivity contribution in [1.29, 1.82) is 0 Å². The van der Waals surface area contributed by atoms with E-state index >= 15 is 0 Å². The molecule has 1 aliphatic rings. The molecular weight excluding hydrogens is 499 g/mol. The summed E-state index contributed by atoms with van der Waals surface area (Å²) >= 11 is 5.78. The van der Waals surface area contributed by atoms with Crippen molar-refractivity contribution < 1.29 is 47.1 Å². The zero-order valence-corrected chi connectivity index (χ0v) is 19.1. The average molecular weight is 523 g/mol. The fourth-order valence-electron chi connectivity index (χ4n) is 3.17. The molecule has 11 nitrogen and oxygen atoms in total. The van der Waals surface area contributed by atoms with Crippen LogP contribution in [0.3, 0.4) is 0 Å². The van der Waals surface area contributed by atoms with Gasteiger partial charge in [0.05, 0.1) is 29.7 Å². The number of hydrogen-bond acceptors (Lipinski definition) is 8. The van der Waals surface area contributed by atoms with E-state index in [1.807, 2.05) is 0 Å². The van der Waals surface area contributed by atoms with Gasteiger partial charge in [-0.25, -0.2) is 0 Å². The van der Waals surface area contributed by atoms with Gasteiger partial charge in [-0.05, 0) is 31.5 Å². The zero-order chi connectivity index (χ0) is 26.5.